The van der Waals surface area contributed by atoms with Gasteiger partial charge >= 0.3 is 17.9 Å². The molecule has 0 fully saturated rings. The Labute approximate surface area is 430 Å². The van der Waals surface area contributed by atoms with Gasteiger partial charge in [-0.2, -0.15) is 0 Å². The SMILES string of the molecule is CC/C=C\C/C=C\C/C=C\C/C=C\C/C=C\C/C=C\C/C=C\C/C=C\C/C=C\CCCC(=O)OCC(COC(=O)CCCCCCCC)OC(=O)CCCCCCCCC/C=C\C/C=C\CCCCC. The van der Waals surface area contributed by atoms with Gasteiger partial charge in [-0.15, -0.1) is 0 Å². The number of unbranched alkanes of at least 4 members (excludes halogenated alkanes) is 16. The summed E-state index contributed by atoms with van der Waals surface area (Å²) in [4.78, 5) is 37.8. The number of carbonyl (C=O) groups excluding carboxylic acids is 3. The summed E-state index contributed by atoms with van der Waals surface area (Å²) in [7, 11) is 0. The maximum atomic E-state index is 12.8. The Morgan fingerprint density at radius 2 is 0.571 bits per heavy atom. The first kappa shape index (κ1) is 65.5. The summed E-state index contributed by atoms with van der Waals surface area (Å²) in [5, 5.41) is 0. The average molecular weight is 968 g/mol. The molecule has 6 heteroatoms. The monoisotopic (exact) mass is 967 g/mol. The molecule has 0 rings (SSSR count). The van der Waals surface area contributed by atoms with Crippen LogP contribution in [0.2, 0.25) is 0 Å². The van der Waals surface area contributed by atoms with Crippen LogP contribution in [0.3, 0.4) is 0 Å². The van der Waals surface area contributed by atoms with E-state index >= 15 is 0 Å². The van der Waals surface area contributed by atoms with E-state index in [1.54, 1.807) is 0 Å². The topological polar surface area (TPSA) is 78.9 Å². The number of hydrogen-bond donors (Lipinski definition) is 0. The van der Waals surface area contributed by atoms with Gasteiger partial charge in [0.15, 0.2) is 6.10 Å². The molecule has 0 bridgehead atoms. The first-order chi connectivity index (χ1) is 34.5. The highest BCUT2D eigenvalue weighted by molar-refractivity contribution is 5.71. The third-order valence-electron chi connectivity index (χ3n) is 11.4. The van der Waals surface area contributed by atoms with E-state index < -0.39 is 6.10 Å². The zero-order valence-corrected chi connectivity index (χ0v) is 45.0. The van der Waals surface area contributed by atoms with Gasteiger partial charge in [0.05, 0.1) is 0 Å². The van der Waals surface area contributed by atoms with E-state index in [0.717, 1.165) is 116 Å². The summed E-state index contributed by atoms with van der Waals surface area (Å²) < 4.78 is 16.7. The molecule has 0 radical (unpaired) electrons. The maximum absolute atomic E-state index is 12.8. The van der Waals surface area contributed by atoms with Crippen molar-refractivity contribution in [3.8, 4) is 0 Å². The van der Waals surface area contributed by atoms with Gasteiger partial charge in [0.1, 0.15) is 13.2 Å². The molecule has 0 saturated heterocycles. The van der Waals surface area contributed by atoms with Gasteiger partial charge in [0, 0.05) is 19.3 Å². The number of esters is 3. The fraction of sp³-hybridized carbons (Fsp3) is 0.609. The lowest BCUT2D eigenvalue weighted by Gasteiger charge is -2.18. The first-order valence-corrected chi connectivity index (χ1v) is 28.2. The highest BCUT2D eigenvalue weighted by atomic mass is 16.6. The Morgan fingerprint density at radius 1 is 0.300 bits per heavy atom. The zero-order chi connectivity index (χ0) is 50.7. The van der Waals surface area contributed by atoms with E-state index in [1.807, 2.05) is 0 Å². The van der Waals surface area contributed by atoms with Crippen LogP contribution in [0.4, 0.5) is 0 Å². The second-order valence-electron chi connectivity index (χ2n) is 18.1. The van der Waals surface area contributed by atoms with Gasteiger partial charge in [-0.25, -0.2) is 0 Å². The van der Waals surface area contributed by atoms with E-state index in [-0.39, 0.29) is 37.5 Å². The van der Waals surface area contributed by atoms with Crippen LogP contribution in [0.5, 0.6) is 0 Å². The first-order valence-electron chi connectivity index (χ1n) is 28.2. The van der Waals surface area contributed by atoms with Gasteiger partial charge < -0.3 is 14.2 Å². The van der Waals surface area contributed by atoms with Crippen LogP contribution in [-0.2, 0) is 28.6 Å². The summed E-state index contributed by atoms with van der Waals surface area (Å²) in [6.07, 6.45) is 80.5. The number of allylic oxidation sites excluding steroid dienone is 22. The lowest BCUT2D eigenvalue weighted by Crippen LogP contribution is -2.30. The van der Waals surface area contributed by atoms with Gasteiger partial charge in [0.25, 0.3) is 0 Å². The molecule has 0 aromatic heterocycles. The smallest absolute Gasteiger partial charge is 0.306 e. The van der Waals surface area contributed by atoms with Crippen LogP contribution in [0, 0.1) is 0 Å². The van der Waals surface area contributed by atoms with Crippen molar-refractivity contribution in [2.24, 2.45) is 0 Å². The van der Waals surface area contributed by atoms with Crippen molar-refractivity contribution in [3.05, 3.63) is 134 Å². The minimum absolute atomic E-state index is 0.103. The number of rotatable bonds is 49. The Kier molecular flexibility index (Phi) is 53.5. The second kappa shape index (κ2) is 57.1. The number of carbonyl (C=O) groups is 3. The highest BCUT2D eigenvalue weighted by Gasteiger charge is 2.19. The Balaban J connectivity index is 4.30. The summed E-state index contributed by atoms with van der Waals surface area (Å²) in [5.41, 5.74) is 0. The van der Waals surface area contributed by atoms with E-state index in [1.165, 1.54) is 70.6 Å². The fourth-order valence-corrected chi connectivity index (χ4v) is 7.18. The van der Waals surface area contributed by atoms with E-state index in [9.17, 15) is 14.4 Å². The molecule has 0 aliphatic carbocycles. The number of ether oxygens (including phenoxy) is 3. The van der Waals surface area contributed by atoms with Crippen molar-refractivity contribution < 1.29 is 28.6 Å². The number of hydrogen-bond acceptors (Lipinski definition) is 6. The van der Waals surface area contributed by atoms with Gasteiger partial charge in [-0.3, -0.25) is 14.4 Å². The van der Waals surface area contributed by atoms with Gasteiger partial charge in [-0.05, 0) is 116 Å². The third-order valence-corrected chi connectivity index (χ3v) is 11.4. The molecule has 0 heterocycles. The zero-order valence-electron chi connectivity index (χ0n) is 45.0. The molecule has 0 aromatic rings. The van der Waals surface area contributed by atoms with Crippen LogP contribution >= 0.6 is 0 Å². The molecule has 0 spiro atoms. The molecule has 0 amide bonds. The average Bonchev–Trinajstić information content (AvgIpc) is 3.36. The lowest BCUT2D eigenvalue weighted by atomic mass is 10.1. The minimum Gasteiger partial charge on any atom is -0.462 e. The molecule has 0 saturated carbocycles. The third kappa shape index (κ3) is 54.5. The van der Waals surface area contributed by atoms with Crippen LogP contribution < -0.4 is 0 Å². The molecule has 0 aromatic carbocycles. The summed E-state index contributed by atoms with van der Waals surface area (Å²) >= 11 is 0. The maximum Gasteiger partial charge on any atom is 0.306 e. The van der Waals surface area contributed by atoms with Gasteiger partial charge in [0.2, 0.25) is 0 Å². The molecule has 70 heavy (non-hydrogen) atoms. The van der Waals surface area contributed by atoms with Crippen molar-refractivity contribution in [1.29, 1.82) is 0 Å². The normalized spacial score (nSPS) is 13.1. The van der Waals surface area contributed by atoms with Crippen LogP contribution in [0.25, 0.3) is 0 Å². The lowest BCUT2D eigenvalue weighted by molar-refractivity contribution is -0.167. The molecule has 0 aliphatic rings. The molecular formula is C64H102O6. The molecule has 0 aliphatic heterocycles. The van der Waals surface area contributed by atoms with Crippen LogP contribution in [-0.4, -0.2) is 37.2 Å². The fourth-order valence-electron chi connectivity index (χ4n) is 7.18. The molecule has 6 nitrogen and oxygen atoms in total. The molecule has 1 unspecified atom stereocenters. The molecular weight excluding hydrogens is 865 g/mol. The standard InChI is InChI=1S/C64H102O6/c1-4-7-10-13-16-18-20-22-24-26-27-28-29-30-31-32-33-34-35-36-37-39-40-42-44-46-48-51-54-57-63(66)69-60-61(59-68-62(65)56-53-50-15-12-9-6-3)70-64(67)58-55-52-49-47-45-43-41-38-25-23-21-19-17-14-11-8-5-2/h7,10,16-19,22-25,27-28,30-31,33-34,36-37,40,42,46,48,61H,4-6,8-9,11-15,20-21,26,29,32,35,38-39,41,43-45,47,49-60H2,1-3H3/b10-7-,18-16-,19-17-,24-22-,25-23-,28-27-,31-30-,34-33-,37-36-,42-40-,48-46-. The van der Waals surface area contributed by atoms with Crippen LogP contribution in [0.1, 0.15) is 233 Å². The summed E-state index contributed by atoms with van der Waals surface area (Å²) in [5.74, 6) is -0.990. The second-order valence-corrected chi connectivity index (χ2v) is 18.1. The van der Waals surface area contributed by atoms with Gasteiger partial charge in [-0.1, -0.05) is 231 Å². The molecule has 1 atom stereocenters. The van der Waals surface area contributed by atoms with Crippen molar-refractivity contribution in [2.45, 2.75) is 239 Å². The van der Waals surface area contributed by atoms with E-state index in [0.29, 0.717) is 19.3 Å². The molecule has 0 N–H and O–H groups in total. The summed E-state index contributed by atoms with van der Waals surface area (Å²) in [6.45, 7) is 6.37. The largest absolute Gasteiger partial charge is 0.462 e. The van der Waals surface area contributed by atoms with E-state index in [4.69, 9.17) is 14.2 Å². The Morgan fingerprint density at radius 3 is 0.957 bits per heavy atom. The Hall–Kier alpha value is -4.45. The van der Waals surface area contributed by atoms with Crippen molar-refractivity contribution in [2.75, 3.05) is 13.2 Å². The Bertz CT molecular complexity index is 1530. The molecule has 394 valence electrons. The van der Waals surface area contributed by atoms with E-state index in [2.05, 4.69) is 154 Å². The highest BCUT2D eigenvalue weighted by Crippen LogP contribution is 2.13. The predicted molar refractivity (Wildman–Crippen MR) is 302 cm³/mol. The summed E-state index contributed by atoms with van der Waals surface area (Å²) in [6, 6.07) is 0. The van der Waals surface area contributed by atoms with Crippen molar-refractivity contribution >= 4 is 17.9 Å². The van der Waals surface area contributed by atoms with Crippen molar-refractivity contribution in [3.63, 3.8) is 0 Å². The van der Waals surface area contributed by atoms with Crippen molar-refractivity contribution in [1.82, 2.24) is 0 Å². The van der Waals surface area contributed by atoms with Crippen LogP contribution in [0.15, 0.2) is 134 Å². The predicted octanol–water partition coefficient (Wildman–Crippen LogP) is 19.0. The minimum atomic E-state index is -0.806. The quantitative estimate of drug-likeness (QED) is 0.0262.